The van der Waals surface area contributed by atoms with Gasteiger partial charge in [-0.05, 0) is 81.4 Å². The monoisotopic (exact) mass is 666 g/mol. The molecule has 13 heteroatoms. The van der Waals surface area contributed by atoms with Crippen molar-refractivity contribution in [2.24, 2.45) is 11.3 Å². The predicted octanol–water partition coefficient (Wildman–Crippen LogP) is 6.51. The quantitative estimate of drug-likeness (QED) is 0.180. The molecule has 0 spiro atoms. The average Bonchev–Trinajstić information content (AvgIpc) is 3.47. The number of piperidine rings is 1. The van der Waals surface area contributed by atoms with E-state index >= 15 is 8.78 Å². The molecule has 0 saturated carbocycles. The van der Waals surface area contributed by atoms with Gasteiger partial charge < -0.3 is 19.3 Å². The zero-order valence-corrected chi connectivity index (χ0v) is 27.4. The summed E-state index contributed by atoms with van der Waals surface area (Å²) in [4.78, 5) is 6.64. The van der Waals surface area contributed by atoms with Gasteiger partial charge in [0.1, 0.15) is 28.2 Å². The highest BCUT2D eigenvalue weighted by atomic mass is 35.5. The van der Waals surface area contributed by atoms with Gasteiger partial charge in [-0.2, -0.15) is 4.39 Å². The van der Waals surface area contributed by atoms with Gasteiger partial charge in [0.15, 0.2) is 10.7 Å². The third-order valence-electron chi connectivity index (χ3n) is 9.42. The highest BCUT2D eigenvalue weighted by Gasteiger charge is 2.45. The molecular formula is C32H38ClF3N4O4S. The lowest BCUT2D eigenvalue weighted by Gasteiger charge is -2.41. The Balaban J connectivity index is 1.53. The zero-order chi connectivity index (χ0) is 32.5. The first kappa shape index (κ1) is 33.2. The SMILES string of the molecule is CC[C@]1(C2CCN(C)CC2)CCN(c2cc(F)c(S(=O)(=O)N(Cc3ccc(OC)cc3OC)c3cccc(F)n3)c(F)c2Cl)C1. The van der Waals surface area contributed by atoms with Crippen molar-refractivity contribution in [3.63, 3.8) is 0 Å². The normalized spacial score (nSPS) is 19.6. The molecule has 0 radical (unpaired) electrons. The standard InChI is InChI=1S/C32H38ClF3N4O4S/c1-5-32(22-11-14-38(2)15-12-22)13-16-39(20-32)25-18-24(34)31(30(36)29(25)33)45(41,42)40(28-8-6-7-27(35)37-28)19-21-9-10-23(43-3)17-26(21)44-4/h6-10,17-18,22H,5,11-16,19-20H2,1-4H3/t32-/m0/s1. The van der Waals surface area contributed by atoms with Gasteiger partial charge in [-0.3, -0.25) is 0 Å². The molecule has 2 saturated heterocycles. The third-order valence-corrected chi connectivity index (χ3v) is 11.6. The number of likely N-dealkylation sites (tertiary alicyclic amines) is 1. The van der Waals surface area contributed by atoms with E-state index in [1.807, 2.05) is 4.90 Å². The highest BCUT2D eigenvalue weighted by molar-refractivity contribution is 7.92. The number of benzene rings is 2. The van der Waals surface area contributed by atoms with Gasteiger partial charge in [0.05, 0.1) is 26.5 Å². The van der Waals surface area contributed by atoms with Crippen LogP contribution >= 0.6 is 11.6 Å². The van der Waals surface area contributed by atoms with Crippen molar-refractivity contribution in [1.29, 1.82) is 0 Å². The first-order chi connectivity index (χ1) is 21.4. The minimum Gasteiger partial charge on any atom is -0.497 e. The first-order valence-corrected chi connectivity index (χ1v) is 16.7. The summed E-state index contributed by atoms with van der Waals surface area (Å²) in [6, 6.07) is 9.17. The molecule has 0 amide bonds. The molecule has 0 N–H and O–H groups in total. The Hall–Kier alpha value is -3.22. The second-order valence-corrected chi connectivity index (χ2v) is 14.0. The summed E-state index contributed by atoms with van der Waals surface area (Å²) < 4.78 is 85.9. The Bertz CT molecular complexity index is 1660. The summed E-state index contributed by atoms with van der Waals surface area (Å²) in [5, 5.41) is -0.487. The van der Waals surface area contributed by atoms with Crippen LogP contribution in [0.2, 0.25) is 5.02 Å². The number of methoxy groups -OCH3 is 2. The smallest absolute Gasteiger partial charge is 0.271 e. The number of hydrogen-bond donors (Lipinski definition) is 0. The molecule has 2 aliphatic heterocycles. The minimum absolute atomic E-state index is 0.0282. The van der Waals surface area contributed by atoms with Crippen LogP contribution in [0.5, 0.6) is 11.5 Å². The van der Waals surface area contributed by atoms with Crippen molar-refractivity contribution < 1.29 is 31.1 Å². The second kappa shape index (κ2) is 13.3. The van der Waals surface area contributed by atoms with Crippen LogP contribution in [-0.2, 0) is 16.6 Å². The molecule has 3 aromatic rings. The maximum atomic E-state index is 16.1. The topological polar surface area (TPSA) is 75.2 Å². The van der Waals surface area contributed by atoms with Gasteiger partial charge in [-0.15, -0.1) is 0 Å². The van der Waals surface area contributed by atoms with Crippen molar-refractivity contribution in [2.45, 2.75) is 44.0 Å². The van der Waals surface area contributed by atoms with Crippen LogP contribution in [0.15, 0.2) is 47.4 Å². The molecule has 5 rings (SSSR count). The fourth-order valence-corrected chi connectivity index (χ4v) is 8.57. The number of aromatic nitrogens is 1. The van der Waals surface area contributed by atoms with E-state index in [1.165, 1.54) is 32.4 Å². The maximum absolute atomic E-state index is 16.1. The van der Waals surface area contributed by atoms with E-state index in [9.17, 15) is 12.8 Å². The molecule has 0 unspecified atom stereocenters. The molecule has 0 bridgehead atoms. The molecule has 0 aliphatic carbocycles. The predicted molar refractivity (Wildman–Crippen MR) is 168 cm³/mol. The van der Waals surface area contributed by atoms with Gasteiger partial charge in [-0.1, -0.05) is 24.6 Å². The maximum Gasteiger partial charge on any atom is 0.271 e. The Morgan fingerprint density at radius 2 is 1.80 bits per heavy atom. The molecule has 1 aromatic heterocycles. The molecule has 8 nitrogen and oxygen atoms in total. The lowest BCUT2D eigenvalue weighted by Crippen LogP contribution is -2.41. The van der Waals surface area contributed by atoms with Crippen molar-refractivity contribution in [1.82, 2.24) is 9.88 Å². The first-order valence-electron chi connectivity index (χ1n) is 14.9. The third kappa shape index (κ3) is 6.41. The van der Waals surface area contributed by atoms with Crippen LogP contribution < -0.4 is 18.7 Å². The van der Waals surface area contributed by atoms with Crippen LogP contribution in [0.25, 0.3) is 0 Å². The fraction of sp³-hybridized carbons (Fsp3) is 0.469. The summed E-state index contributed by atoms with van der Waals surface area (Å²) in [5.41, 5.74) is 0.402. The van der Waals surface area contributed by atoms with Crippen LogP contribution in [0.1, 0.15) is 38.2 Å². The van der Waals surface area contributed by atoms with Gasteiger partial charge in [0, 0.05) is 30.8 Å². The van der Waals surface area contributed by atoms with Crippen LogP contribution in [0.4, 0.5) is 24.7 Å². The Labute approximate surface area is 267 Å². The zero-order valence-electron chi connectivity index (χ0n) is 25.8. The van der Waals surface area contributed by atoms with E-state index in [2.05, 4.69) is 23.9 Å². The number of nitrogens with zero attached hydrogens (tertiary/aromatic N) is 4. The summed E-state index contributed by atoms with van der Waals surface area (Å²) in [6.07, 6.45) is 3.86. The summed E-state index contributed by atoms with van der Waals surface area (Å²) in [7, 11) is -0.0762. The summed E-state index contributed by atoms with van der Waals surface area (Å²) in [5.74, 6) is -2.90. The van der Waals surface area contributed by atoms with E-state index in [0.29, 0.717) is 34.6 Å². The summed E-state index contributed by atoms with van der Waals surface area (Å²) in [6.45, 7) is 4.78. The largest absolute Gasteiger partial charge is 0.497 e. The van der Waals surface area contributed by atoms with Crippen molar-refractivity contribution in [2.75, 3.05) is 56.7 Å². The average molecular weight is 667 g/mol. The second-order valence-electron chi connectivity index (χ2n) is 11.8. The van der Waals surface area contributed by atoms with Gasteiger partial charge in [0.2, 0.25) is 5.95 Å². The van der Waals surface area contributed by atoms with Crippen LogP contribution in [0, 0.1) is 28.9 Å². The van der Waals surface area contributed by atoms with E-state index in [1.54, 1.807) is 12.1 Å². The molecule has 1 atom stereocenters. The van der Waals surface area contributed by atoms with Crippen LogP contribution in [-0.4, -0.2) is 65.7 Å². The fourth-order valence-electron chi connectivity index (χ4n) is 6.74. The van der Waals surface area contributed by atoms with Crippen molar-refractivity contribution in [3.05, 3.63) is 70.6 Å². The summed E-state index contributed by atoms with van der Waals surface area (Å²) >= 11 is 6.53. The van der Waals surface area contributed by atoms with Gasteiger partial charge >= 0.3 is 0 Å². The lowest BCUT2D eigenvalue weighted by molar-refractivity contribution is 0.0979. The number of pyridine rings is 1. The number of halogens is 4. The minimum atomic E-state index is -5.02. The number of rotatable bonds is 10. The molecule has 3 heterocycles. The molecule has 2 aromatic carbocycles. The Morgan fingerprint density at radius 3 is 2.44 bits per heavy atom. The molecule has 2 fully saturated rings. The van der Waals surface area contributed by atoms with E-state index < -0.39 is 44.1 Å². The highest BCUT2D eigenvalue weighted by Crippen LogP contribution is 2.48. The lowest BCUT2D eigenvalue weighted by atomic mass is 9.68. The Kier molecular flexibility index (Phi) is 9.76. The van der Waals surface area contributed by atoms with Gasteiger partial charge in [-0.25, -0.2) is 26.5 Å². The Morgan fingerprint density at radius 1 is 1.07 bits per heavy atom. The van der Waals surface area contributed by atoms with Crippen LogP contribution in [0.3, 0.4) is 0 Å². The number of sulfonamides is 1. The van der Waals surface area contributed by atoms with E-state index in [-0.39, 0.29) is 22.7 Å². The molecular weight excluding hydrogens is 629 g/mol. The van der Waals surface area contributed by atoms with Crippen molar-refractivity contribution >= 4 is 33.1 Å². The number of anilines is 2. The number of ether oxygens (including phenoxy) is 2. The van der Waals surface area contributed by atoms with Crippen molar-refractivity contribution in [3.8, 4) is 11.5 Å². The molecule has 45 heavy (non-hydrogen) atoms. The van der Waals surface area contributed by atoms with E-state index in [4.69, 9.17) is 21.1 Å². The van der Waals surface area contributed by atoms with E-state index in [0.717, 1.165) is 50.9 Å². The number of hydrogen-bond acceptors (Lipinski definition) is 7. The molecule has 2 aliphatic rings. The van der Waals surface area contributed by atoms with Gasteiger partial charge in [0.25, 0.3) is 10.0 Å². The molecule has 244 valence electrons.